The van der Waals surface area contributed by atoms with Crippen molar-refractivity contribution in [3.63, 3.8) is 0 Å². The van der Waals surface area contributed by atoms with Gasteiger partial charge in [-0.15, -0.1) is 0 Å². The number of amides is 4. The summed E-state index contributed by atoms with van der Waals surface area (Å²) in [4.78, 5) is 39.2. The average molecular weight is 336 g/mol. The highest BCUT2D eigenvalue weighted by molar-refractivity contribution is 6.08. The van der Waals surface area contributed by atoms with E-state index in [0.717, 1.165) is 37.4 Å². The third-order valence-corrected chi connectivity index (χ3v) is 5.63. The summed E-state index contributed by atoms with van der Waals surface area (Å²) in [5, 5.41) is 3.71. The van der Waals surface area contributed by atoms with Gasteiger partial charge in [-0.3, -0.25) is 19.9 Å². The fourth-order valence-electron chi connectivity index (χ4n) is 4.11. The predicted molar refractivity (Wildman–Crippen MR) is 88.7 cm³/mol. The van der Waals surface area contributed by atoms with Crippen molar-refractivity contribution in [1.29, 1.82) is 0 Å². The highest BCUT2D eigenvalue weighted by Gasteiger charge is 2.52. The number of carbonyl (C=O) groups is 3. The summed E-state index contributed by atoms with van der Waals surface area (Å²) in [5.74, 6) is 0.550. The van der Waals surface area contributed by atoms with Gasteiger partial charge < -0.3 is 5.32 Å². The van der Waals surface area contributed by atoms with Crippen LogP contribution in [0, 0.1) is 11.8 Å². The number of rotatable bonds is 3. The molecule has 134 valence electrons. The quantitative estimate of drug-likeness (QED) is 0.760. The Morgan fingerprint density at radius 3 is 2.58 bits per heavy atom. The van der Waals surface area contributed by atoms with Crippen molar-refractivity contribution < 1.29 is 14.4 Å². The molecule has 0 aromatic heterocycles. The Hall–Kier alpha value is -1.63. The Labute approximate surface area is 143 Å². The maximum Gasteiger partial charge on any atom is 0.344 e. The van der Waals surface area contributed by atoms with Crippen LogP contribution in [-0.4, -0.2) is 52.9 Å². The van der Waals surface area contributed by atoms with Crippen molar-refractivity contribution in [3.8, 4) is 0 Å². The number of nitrogens with one attached hydrogen (secondary N) is 2. The lowest BCUT2D eigenvalue weighted by Crippen LogP contribution is -2.53. The summed E-state index contributed by atoms with van der Waals surface area (Å²) in [6.07, 6.45) is 5.40. The maximum atomic E-state index is 12.7. The van der Waals surface area contributed by atoms with E-state index in [9.17, 15) is 14.4 Å². The number of carbonyl (C=O) groups excluding carboxylic acids is 3. The third kappa shape index (κ3) is 3.41. The largest absolute Gasteiger partial charge is 0.344 e. The van der Waals surface area contributed by atoms with Gasteiger partial charge in [-0.1, -0.05) is 13.8 Å². The van der Waals surface area contributed by atoms with E-state index >= 15 is 0 Å². The molecule has 2 saturated heterocycles. The molecule has 0 aromatic rings. The molecule has 1 atom stereocenters. The molecular formula is C17H28N4O3. The topological polar surface area (TPSA) is 81.8 Å². The minimum atomic E-state index is -0.809. The Morgan fingerprint density at radius 1 is 1.21 bits per heavy atom. The lowest BCUT2D eigenvalue weighted by Gasteiger charge is -2.33. The number of nitrogens with zero attached hydrogens (tertiary/aromatic N) is 2. The molecule has 4 amide bonds. The zero-order valence-corrected chi connectivity index (χ0v) is 14.6. The van der Waals surface area contributed by atoms with E-state index in [1.807, 2.05) is 0 Å². The van der Waals surface area contributed by atoms with Crippen LogP contribution in [0.3, 0.4) is 0 Å². The van der Waals surface area contributed by atoms with Crippen molar-refractivity contribution in [3.05, 3.63) is 0 Å². The molecule has 7 heteroatoms. The lowest BCUT2D eigenvalue weighted by atomic mass is 9.77. The van der Waals surface area contributed by atoms with Gasteiger partial charge in [-0.2, -0.15) is 5.01 Å². The monoisotopic (exact) mass is 336 g/mol. The second-order valence-corrected chi connectivity index (χ2v) is 7.85. The molecule has 2 N–H and O–H groups in total. The summed E-state index contributed by atoms with van der Waals surface area (Å²) < 4.78 is 0. The Balaban J connectivity index is 1.57. The van der Waals surface area contributed by atoms with Crippen molar-refractivity contribution >= 4 is 17.8 Å². The molecule has 3 aliphatic rings. The van der Waals surface area contributed by atoms with Gasteiger partial charge in [0.2, 0.25) is 0 Å². The van der Waals surface area contributed by atoms with Gasteiger partial charge in [0, 0.05) is 6.54 Å². The zero-order valence-electron chi connectivity index (χ0n) is 14.6. The first kappa shape index (κ1) is 17.2. The van der Waals surface area contributed by atoms with Gasteiger partial charge in [0.15, 0.2) is 0 Å². The van der Waals surface area contributed by atoms with Gasteiger partial charge in [0.1, 0.15) is 5.54 Å². The van der Waals surface area contributed by atoms with Crippen molar-refractivity contribution in [2.24, 2.45) is 11.8 Å². The smallest absolute Gasteiger partial charge is 0.322 e. The van der Waals surface area contributed by atoms with Crippen LogP contribution in [0.1, 0.15) is 52.4 Å². The molecule has 1 saturated carbocycles. The first-order valence-electron chi connectivity index (χ1n) is 9.08. The minimum Gasteiger partial charge on any atom is -0.322 e. The van der Waals surface area contributed by atoms with Gasteiger partial charge in [-0.25, -0.2) is 4.79 Å². The van der Waals surface area contributed by atoms with Crippen LogP contribution in [0.25, 0.3) is 0 Å². The molecule has 1 spiro atoms. The van der Waals surface area contributed by atoms with Crippen molar-refractivity contribution in [1.82, 2.24) is 20.7 Å². The van der Waals surface area contributed by atoms with Crippen LogP contribution < -0.4 is 10.7 Å². The Morgan fingerprint density at radius 2 is 1.92 bits per heavy atom. The first-order valence-corrected chi connectivity index (χ1v) is 9.08. The summed E-state index contributed by atoms with van der Waals surface area (Å²) >= 11 is 0. The molecule has 0 unspecified atom stereocenters. The highest BCUT2D eigenvalue weighted by atomic mass is 16.2. The second-order valence-electron chi connectivity index (χ2n) is 7.85. The number of imide groups is 1. The number of hydrogen-bond acceptors (Lipinski definition) is 4. The highest BCUT2D eigenvalue weighted by Crippen LogP contribution is 2.35. The van der Waals surface area contributed by atoms with Crippen LogP contribution >= 0.6 is 0 Å². The average Bonchev–Trinajstić information content (AvgIpc) is 2.75. The molecule has 24 heavy (non-hydrogen) atoms. The number of piperidine rings is 1. The zero-order chi connectivity index (χ0) is 17.3. The molecule has 3 rings (SSSR count). The van der Waals surface area contributed by atoms with Crippen LogP contribution in [0.2, 0.25) is 0 Å². The Kier molecular flexibility index (Phi) is 4.80. The van der Waals surface area contributed by atoms with Gasteiger partial charge in [0.05, 0.1) is 6.54 Å². The molecule has 0 radical (unpaired) electrons. The summed E-state index contributed by atoms with van der Waals surface area (Å²) in [6.45, 7) is 6.34. The molecule has 2 heterocycles. The van der Waals surface area contributed by atoms with E-state index in [1.165, 1.54) is 6.42 Å². The van der Waals surface area contributed by atoms with Crippen LogP contribution in [-0.2, 0) is 9.59 Å². The van der Waals surface area contributed by atoms with Gasteiger partial charge >= 0.3 is 6.03 Å². The fourth-order valence-corrected chi connectivity index (χ4v) is 4.11. The van der Waals surface area contributed by atoms with Gasteiger partial charge in [0.25, 0.3) is 11.8 Å². The predicted octanol–water partition coefficient (Wildman–Crippen LogP) is 1.25. The summed E-state index contributed by atoms with van der Waals surface area (Å²) in [5.41, 5.74) is 1.71. The molecular weight excluding hydrogens is 308 g/mol. The van der Waals surface area contributed by atoms with Crippen molar-refractivity contribution in [2.45, 2.75) is 57.9 Å². The van der Waals surface area contributed by atoms with E-state index in [4.69, 9.17) is 0 Å². The molecule has 0 bridgehead atoms. The fraction of sp³-hybridized carbons (Fsp3) is 0.824. The molecule has 7 nitrogen and oxygen atoms in total. The van der Waals surface area contributed by atoms with Crippen molar-refractivity contribution in [2.75, 3.05) is 19.6 Å². The van der Waals surface area contributed by atoms with E-state index in [2.05, 4.69) is 29.5 Å². The molecule has 0 aromatic carbocycles. The number of hydrogen-bond donors (Lipinski definition) is 2. The van der Waals surface area contributed by atoms with Gasteiger partial charge in [-0.05, 0) is 56.9 Å². The normalized spacial score (nSPS) is 34.5. The lowest BCUT2D eigenvalue weighted by molar-refractivity contribution is -0.140. The van der Waals surface area contributed by atoms with E-state index in [0.29, 0.717) is 24.7 Å². The number of likely N-dealkylation sites (tertiary alicyclic amines) is 1. The SMILES string of the molecule is CC1CCC2(CC1)NC(=O)N(NC(=O)CN1CCC[C@@H](C)C1)C2=O. The minimum absolute atomic E-state index is 0.228. The molecule has 1 aliphatic carbocycles. The standard InChI is InChI=1S/C17H28N4O3/c1-12-5-7-17(8-6-12)15(23)21(16(24)18-17)19-14(22)11-20-9-3-4-13(2)10-20/h12-13H,3-11H2,1-2H3,(H,18,24)(H,19,22)/t12?,13-,17?/m1/s1. The van der Waals surface area contributed by atoms with Crippen LogP contribution in [0.4, 0.5) is 4.79 Å². The Bertz CT molecular complexity index is 528. The van der Waals surface area contributed by atoms with E-state index in [1.54, 1.807) is 0 Å². The van der Waals surface area contributed by atoms with Crippen LogP contribution in [0.5, 0.6) is 0 Å². The number of urea groups is 1. The van der Waals surface area contributed by atoms with E-state index in [-0.39, 0.29) is 18.4 Å². The molecule has 3 fully saturated rings. The van der Waals surface area contributed by atoms with Crippen LogP contribution in [0.15, 0.2) is 0 Å². The van der Waals surface area contributed by atoms with E-state index < -0.39 is 11.6 Å². The summed E-state index contributed by atoms with van der Waals surface area (Å²) in [7, 11) is 0. The third-order valence-electron chi connectivity index (χ3n) is 5.63. The maximum absolute atomic E-state index is 12.7. The second kappa shape index (κ2) is 6.70. The molecule has 2 aliphatic heterocycles. The first-order chi connectivity index (χ1) is 11.4. The summed E-state index contributed by atoms with van der Waals surface area (Å²) in [6, 6.07) is -0.505. The number of hydrazine groups is 1.